The third-order valence-electron chi connectivity index (χ3n) is 4.13. The van der Waals surface area contributed by atoms with E-state index in [1.165, 1.54) is 6.33 Å². The smallest absolute Gasteiger partial charge is 0.240 e. The van der Waals surface area contributed by atoms with Crippen LogP contribution in [0.4, 0.5) is 0 Å². The fourth-order valence-corrected chi connectivity index (χ4v) is 3.64. The Morgan fingerprint density at radius 2 is 2.04 bits per heavy atom. The van der Waals surface area contributed by atoms with Crippen molar-refractivity contribution in [3.63, 3.8) is 0 Å². The minimum absolute atomic E-state index is 0.118. The number of amides is 1. The summed E-state index contributed by atoms with van der Waals surface area (Å²) in [4.78, 5) is 17.3. The quantitative estimate of drug-likeness (QED) is 0.456. The van der Waals surface area contributed by atoms with Gasteiger partial charge in [-0.1, -0.05) is 30.3 Å². The number of thiophene rings is 1. The maximum absolute atomic E-state index is 12.4. The minimum Gasteiger partial charge on any atom is -0.350 e. The zero-order valence-corrected chi connectivity index (χ0v) is 16.4. The first-order chi connectivity index (χ1) is 13.7. The molecule has 142 valence electrons. The summed E-state index contributed by atoms with van der Waals surface area (Å²) < 4.78 is 3.89. The van der Waals surface area contributed by atoms with Gasteiger partial charge in [0.2, 0.25) is 5.91 Å². The molecule has 3 heterocycles. The minimum atomic E-state index is -0.123. The number of carbonyl (C=O) groups excluding carboxylic acids is 1. The zero-order chi connectivity index (χ0) is 19.3. The number of carbonyl (C=O) groups is 1. The van der Waals surface area contributed by atoms with Crippen LogP contribution in [0.15, 0.2) is 54.4 Å². The summed E-state index contributed by atoms with van der Waals surface area (Å²) in [6, 6.07) is 11.9. The van der Waals surface area contributed by atoms with Crippen molar-refractivity contribution in [3.8, 4) is 10.7 Å². The van der Waals surface area contributed by atoms with Crippen LogP contribution in [-0.4, -0.2) is 35.4 Å². The molecule has 0 unspecified atom stereocenters. The van der Waals surface area contributed by atoms with Crippen molar-refractivity contribution in [2.24, 2.45) is 0 Å². The van der Waals surface area contributed by atoms with Gasteiger partial charge in [0.05, 0.1) is 11.4 Å². The fourth-order valence-electron chi connectivity index (χ4n) is 2.72. The Hall–Kier alpha value is -3.11. The highest BCUT2D eigenvalue weighted by atomic mass is 32.1. The van der Waals surface area contributed by atoms with Crippen molar-refractivity contribution in [2.45, 2.75) is 19.6 Å². The predicted octanol–water partition coefficient (Wildman–Crippen LogP) is 2.63. The predicted molar refractivity (Wildman–Crippen MR) is 108 cm³/mol. The topological polar surface area (TPSA) is 93.4 Å². The molecule has 0 fully saturated rings. The van der Waals surface area contributed by atoms with E-state index in [0.717, 1.165) is 16.0 Å². The maximum atomic E-state index is 12.4. The standard InChI is InChI=1S/C18H17N7OS2/c26-16(10-25-17(22-23-18(25)27)15-2-1-7-28-15)20-8-13-3-5-14(6-4-13)9-24-12-19-11-21-24/h1-7,11-12H,8-10H2,(H,20,26)(H,23,27). The van der Waals surface area contributed by atoms with Crippen LogP contribution in [0.25, 0.3) is 10.7 Å². The van der Waals surface area contributed by atoms with Gasteiger partial charge in [-0.05, 0) is 34.8 Å². The van der Waals surface area contributed by atoms with Gasteiger partial charge in [0, 0.05) is 6.54 Å². The fraction of sp³-hybridized carbons (Fsp3) is 0.167. The van der Waals surface area contributed by atoms with E-state index in [2.05, 4.69) is 25.6 Å². The van der Waals surface area contributed by atoms with Gasteiger partial charge in [0.25, 0.3) is 0 Å². The summed E-state index contributed by atoms with van der Waals surface area (Å²) in [5.41, 5.74) is 2.14. The molecule has 3 aromatic heterocycles. The van der Waals surface area contributed by atoms with Gasteiger partial charge in [0.15, 0.2) is 10.6 Å². The lowest BCUT2D eigenvalue weighted by Crippen LogP contribution is -2.27. The molecular formula is C18H17N7OS2. The SMILES string of the molecule is O=C(Cn1c(-c2cccs2)n[nH]c1=S)NCc1ccc(Cn2cncn2)cc1. The Morgan fingerprint density at radius 1 is 1.21 bits per heavy atom. The molecule has 0 radical (unpaired) electrons. The summed E-state index contributed by atoms with van der Waals surface area (Å²) in [5, 5.41) is 16.0. The van der Waals surface area contributed by atoms with E-state index in [1.54, 1.807) is 26.9 Å². The monoisotopic (exact) mass is 411 g/mol. The highest BCUT2D eigenvalue weighted by molar-refractivity contribution is 7.71. The van der Waals surface area contributed by atoms with E-state index >= 15 is 0 Å². The van der Waals surface area contributed by atoms with Gasteiger partial charge < -0.3 is 5.32 Å². The van der Waals surface area contributed by atoms with Crippen molar-refractivity contribution >= 4 is 29.5 Å². The van der Waals surface area contributed by atoms with E-state index in [4.69, 9.17) is 12.2 Å². The highest BCUT2D eigenvalue weighted by Gasteiger charge is 2.13. The number of nitrogens with one attached hydrogen (secondary N) is 2. The molecule has 4 rings (SSSR count). The second kappa shape index (κ2) is 8.28. The molecule has 1 aromatic carbocycles. The number of aromatic amines is 1. The van der Waals surface area contributed by atoms with Gasteiger partial charge in [-0.3, -0.25) is 14.5 Å². The molecule has 0 aliphatic heterocycles. The Morgan fingerprint density at radius 3 is 2.75 bits per heavy atom. The largest absolute Gasteiger partial charge is 0.350 e. The number of hydrogen-bond acceptors (Lipinski definition) is 6. The van der Waals surface area contributed by atoms with Gasteiger partial charge in [0.1, 0.15) is 19.2 Å². The lowest BCUT2D eigenvalue weighted by molar-refractivity contribution is -0.121. The number of nitrogens with zero attached hydrogens (tertiary/aromatic N) is 5. The van der Waals surface area contributed by atoms with Gasteiger partial charge in [-0.15, -0.1) is 11.3 Å². The van der Waals surface area contributed by atoms with Crippen molar-refractivity contribution in [1.29, 1.82) is 0 Å². The van der Waals surface area contributed by atoms with Crippen LogP contribution in [0.1, 0.15) is 11.1 Å². The summed E-state index contributed by atoms with van der Waals surface area (Å²) in [6.45, 7) is 1.23. The average Bonchev–Trinajstić information content (AvgIpc) is 3.45. The molecule has 2 N–H and O–H groups in total. The van der Waals surface area contributed by atoms with E-state index < -0.39 is 0 Å². The molecule has 0 bridgehead atoms. The third kappa shape index (κ3) is 4.24. The summed E-state index contributed by atoms with van der Waals surface area (Å²) >= 11 is 6.81. The molecule has 4 aromatic rings. The number of H-pyrrole nitrogens is 1. The van der Waals surface area contributed by atoms with E-state index in [0.29, 0.717) is 23.7 Å². The first-order valence-electron chi connectivity index (χ1n) is 8.55. The number of benzene rings is 1. The maximum Gasteiger partial charge on any atom is 0.240 e. The van der Waals surface area contributed by atoms with E-state index in [-0.39, 0.29) is 12.5 Å². The van der Waals surface area contributed by atoms with Crippen molar-refractivity contribution in [3.05, 3.63) is 70.3 Å². The average molecular weight is 412 g/mol. The lowest BCUT2D eigenvalue weighted by Gasteiger charge is -2.08. The first-order valence-corrected chi connectivity index (χ1v) is 9.84. The molecular weight excluding hydrogens is 394 g/mol. The van der Waals surface area contributed by atoms with Crippen LogP contribution in [0.5, 0.6) is 0 Å². The second-order valence-corrected chi connectivity index (χ2v) is 7.44. The molecule has 28 heavy (non-hydrogen) atoms. The van der Waals surface area contributed by atoms with E-state index in [1.807, 2.05) is 41.8 Å². The van der Waals surface area contributed by atoms with Crippen LogP contribution in [0.2, 0.25) is 0 Å². The number of rotatable bonds is 7. The zero-order valence-electron chi connectivity index (χ0n) is 14.8. The second-order valence-electron chi connectivity index (χ2n) is 6.10. The summed E-state index contributed by atoms with van der Waals surface area (Å²) in [5.74, 6) is 0.551. The van der Waals surface area contributed by atoms with Crippen LogP contribution in [0, 0.1) is 4.77 Å². The van der Waals surface area contributed by atoms with Crippen LogP contribution < -0.4 is 5.32 Å². The third-order valence-corrected chi connectivity index (χ3v) is 5.30. The molecule has 0 saturated heterocycles. The number of hydrogen-bond donors (Lipinski definition) is 2. The van der Waals surface area contributed by atoms with Crippen LogP contribution in [0.3, 0.4) is 0 Å². The molecule has 1 amide bonds. The Bertz CT molecular complexity index is 1100. The summed E-state index contributed by atoms with van der Waals surface area (Å²) in [7, 11) is 0. The molecule has 0 spiro atoms. The highest BCUT2D eigenvalue weighted by Crippen LogP contribution is 2.22. The molecule has 0 aliphatic carbocycles. The van der Waals surface area contributed by atoms with Gasteiger partial charge in [-0.25, -0.2) is 9.67 Å². The van der Waals surface area contributed by atoms with Crippen LogP contribution in [-0.2, 0) is 24.4 Å². The van der Waals surface area contributed by atoms with Gasteiger partial charge >= 0.3 is 0 Å². The molecule has 0 saturated carbocycles. The van der Waals surface area contributed by atoms with Crippen molar-refractivity contribution < 1.29 is 4.79 Å². The van der Waals surface area contributed by atoms with Crippen molar-refractivity contribution in [1.82, 2.24) is 34.8 Å². The molecule has 0 atom stereocenters. The molecule has 8 nitrogen and oxygen atoms in total. The Labute approximate surface area is 169 Å². The number of aromatic nitrogens is 6. The normalized spacial score (nSPS) is 10.9. The van der Waals surface area contributed by atoms with Crippen LogP contribution >= 0.6 is 23.6 Å². The summed E-state index contributed by atoms with van der Waals surface area (Å²) in [6.07, 6.45) is 3.19. The molecule has 0 aliphatic rings. The molecule has 10 heteroatoms. The van der Waals surface area contributed by atoms with Gasteiger partial charge in [-0.2, -0.15) is 10.2 Å². The van der Waals surface area contributed by atoms with E-state index in [9.17, 15) is 4.79 Å². The Kier molecular flexibility index (Phi) is 5.40. The Balaban J connectivity index is 1.35. The van der Waals surface area contributed by atoms with Crippen molar-refractivity contribution in [2.75, 3.05) is 0 Å². The first kappa shape index (κ1) is 18.3. The lowest BCUT2D eigenvalue weighted by atomic mass is 10.1.